The summed E-state index contributed by atoms with van der Waals surface area (Å²) in [5.41, 5.74) is 1.81. The third-order valence-electron chi connectivity index (χ3n) is 6.16. The maximum absolute atomic E-state index is 13.7. The van der Waals surface area contributed by atoms with Crippen LogP contribution in [-0.2, 0) is 11.2 Å². The van der Waals surface area contributed by atoms with Crippen LogP contribution in [0.4, 0.5) is 4.39 Å². The Kier molecular flexibility index (Phi) is 8.23. The Hall–Kier alpha value is -3.72. The van der Waals surface area contributed by atoms with Gasteiger partial charge in [-0.15, -0.1) is 0 Å². The highest BCUT2D eigenvalue weighted by atomic mass is 32.1. The van der Waals surface area contributed by atoms with Gasteiger partial charge in [0.05, 0.1) is 30.1 Å². The largest absolute Gasteiger partial charge is 0.494 e. The highest BCUT2D eigenvalue weighted by Gasteiger charge is 2.27. The summed E-state index contributed by atoms with van der Waals surface area (Å²) in [5, 5.41) is 0.376. The molecule has 0 N–H and O–H groups in total. The summed E-state index contributed by atoms with van der Waals surface area (Å²) in [7, 11) is 0. The van der Waals surface area contributed by atoms with Gasteiger partial charge in [0.2, 0.25) is 5.91 Å². The summed E-state index contributed by atoms with van der Waals surface area (Å²) >= 11 is 4.37. The number of hydrogen-bond donors (Lipinski definition) is 1. The van der Waals surface area contributed by atoms with Gasteiger partial charge in [-0.2, -0.15) is 12.6 Å². The molecule has 7 nitrogen and oxygen atoms in total. The minimum Gasteiger partial charge on any atom is -0.494 e. The summed E-state index contributed by atoms with van der Waals surface area (Å²) in [5.74, 6) is 0.985. The monoisotopic (exact) mass is 520 g/mol. The molecule has 0 aliphatic rings. The fourth-order valence-electron chi connectivity index (χ4n) is 4.30. The number of thiol groups is 1. The van der Waals surface area contributed by atoms with Crippen LogP contribution in [0.2, 0.25) is 0 Å². The quantitative estimate of drug-likeness (QED) is 0.324. The van der Waals surface area contributed by atoms with Gasteiger partial charge in [-0.25, -0.2) is 14.4 Å². The van der Waals surface area contributed by atoms with Crippen LogP contribution in [0.25, 0.3) is 16.7 Å². The zero-order valence-electron chi connectivity index (χ0n) is 21.0. The number of halogens is 1. The molecule has 0 radical (unpaired) electrons. The molecule has 4 aromatic rings. The second kappa shape index (κ2) is 11.6. The number of fused-ring (bicyclic) bond motifs is 1. The predicted octanol–water partition coefficient (Wildman–Crippen LogP) is 4.69. The van der Waals surface area contributed by atoms with Crippen molar-refractivity contribution in [2.75, 3.05) is 18.9 Å². The lowest BCUT2D eigenvalue weighted by Crippen LogP contribution is -2.39. The lowest BCUT2D eigenvalue weighted by molar-refractivity contribution is -0.132. The molecule has 0 aliphatic heterocycles. The van der Waals surface area contributed by atoms with E-state index in [1.54, 1.807) is 66.6 Å². The molecule has 192 valence electrons. The number of amides is 1. The van der Waals surface area contributed by atoms with Gasteiger partial charge in [0.25, 0.3) is 5.56 Å². The number of carbonyl (C=O) groups is 1. The lowest BCUT2D eigenvalue weighted by Gasteiger charge is -2.30. The molecule has 0 unspecified atom stereocenters. The molecule has 2 aromatic carbocycles. The molecule has 2 aromatic heterocycles. The molecule has 1 atom stereocenters. The number of benzene rings is 2. The van der Waals surface area contributed by atoms with Gasteiger partial charge in [-0.3, -0.25) is 14.2 Å². The second-order valence-corrected chi connectivity index (χ2v) is 9.11. The van der Waals surface area contributed by atoms with Gasteiger partial charge in [0.1, 0.15) is 17.4 Å². The normalized spacial score (nSPS) is 11.9. The van der Waals surface area contributed by atoms with Crippen molar-refractivity contribution in [1.29, 1.82) is 0 Å². The van der Waals surface area contributed by atoms with Crippen LogP contribution in [-0.4, -0.2) is 44.2 Å². The zero-order chi connectivity index (χ0) is 26.5. The van der Waals surface area contributed by atoms with Crippen LogP contribution in [0.5, 0.6) is 5.75 Å². The Balaban J connectivity index is 1.79. The molecular weight excluding hydrogens is 491 g/mol. The summed E-state index contributed by atoms with van der Waals surface area (Å²) in [4.78, 5) is 37.8. The van der Waals surface area contributed by atoms with E-state index in [4.69, 9.17) is 9.72 Å². The summed E-state index contributed by atoms with van der Waals surface area (Å²) in [6.07, 6.45) is 1.66. The number of aromatic nitrogens is 3. The Morgan fingerprint density at radius 1 is 1.19 bits per heavy atom. The number of hydrogen-bond acceptors (Lipinski definition) is 6. The minimum atomic E-state index is -0.577. The molecule has 2 heterocycles. The molecule has 0 aliphatic carbocycles. The van der Waals surface area contributed by atoms with Gasteiger partial charge < -0.3 is 9.64 Å². The first-order valence-electron chi connectivity index (χ1n) is 12.1. The Bertz CT molecular complexity index is 1470. The molecule has 4 rings (SSSR count). The number of carbonyl (C=O) groups excluding carboxylic acids is 1. The van der Waals surface area contributed by atoms with Crippen molar-refractivity contribution >= 4 is 29.6 Å². The van der Waals surface area contributed by atoms with Crippen LogP contribution >= 0.6 is 12.6 Å². The van der Waals surface area contributed by atoms with Crippen molar-refractivity contribution in [3.63, 3.8) is 0 Å². The average Bonchev–Trinajstić information content (AvgIpc) is 2.90. The fourth-order valence-corrected chi connectivity index (χ4v) is 4.51. The minimum absolute atomic E-state index is 0.0817. The van der Waals surface area contributed by atoms with Gasteiger partial charge in [-0.05, 0) is 74.4 Å². The van der Waals surface area contributed by atoms with E-state index < -0.39 is 6.04 Å². The SMILES string of the molecule is CCOc1ccc(-n2c([C@@H](C)N(CCS)C(=O)Cc3ccc(F)c(C)c3)nc3ncccc3c2=O)cc1. The Morgan fingerprint density at radius 2 is 1.95 bits per heavy atom. The van der Waals surface area contributed by atoms with Gasteiger partial charge in [-0.1, -0.05) is 12.1 Å². The van der Waals surface area contributed by atoms with E-state index in [1.807, 2.05) is 13.8 Å². The molecule has 9 heteroatoms. The summed E-state index contributed by atoms with van der Waals surface area (Å²) < 4.78 is 20.8. The summed E-state index contributed by atoms with van der Waals surface area (Å²) in [6.45, 7) is 6.26. The van der Waals surface area contributed by atoms with Crippen LogP contribution in [0.1, 0.15) is 36.8 Å². The third-order valence-corrected chi connectivity index (χ3v) is 6.36. The molecule has 0 spiro atoms. The molecule has 37 heavy (non-hydrogen) atoms. The van der Waals surface area contributed by atoms with Crippen molar-refractivity contribution in [3.05, 3.63) is 93.9 Å². The standard InChI is InChI=1S/C28H29FN4O3S/c1-4-36-22-10-8-21(9-11-22)33-27(31-26-23(28(33)35)6-5-13-30-26)19(3)32(14-15-37)25(34)17-20-7-12-24(29)18(2)16-20/h5-13,16,19,37H,4,14-15,17H2,1-3H3/t19-/m1/s1. The third kappa shape index (κ3) is 5.67. The van der Waals surface area contributed by atoms with E-state index >= 15 is 0 Å². The molecule has 0 saturated heterocycles. The molecule has 0 saturated carbocycles. The van der Waals surface area contributed by atoms with Crippen LogP contribution in [0, 0.1) is 12.7 Å². The van der Waals surface area contributed by atoms with Crippen molar-refractivity contribution in [2.45, 2.75) is 33.2 Å². The maximum Gasteiger partial charge on any atom is 0.267 e. The van der Waals surface area contributed by atoms with Crippen molar-refractivity contribution < 1.29 is 13.9 Å². The van der Waals surface area contributed by atoms with Crippen molar-refractivity contribution in [1.82, 2.24) is 19.4 Å². The van der Waals surface area contributed by atoms with E-state index in [0.29, 0.717) is 58.3 Å². The van der Waals surface area contributed by atoms with Crippen LogP contribution < -0.4 is 10.3 Å². The number of aryl methyl sites for hydroxylation is 1. The van der Waals surface area contributed by atoms with Crippen LogP contribution in [0.15, 0.2) is 65.6 Å². The van der Waals surface area contributed by atoms with E-state index in [1.165, 1.54) is 10.6 Å². The highest BCUT2D eigenvalue weighted by Crippen LogP contribution is 2.24. The molecule has 1 amide bonds. The maximum atomic E-state index is 13.7. The average molecular weight is 521 g/mol. The van der Waals surface area contributed by atoms with E-state index in [9.17, 15) is 14.0 Å². The van der Waals surface area contributed by atoms with E-state index in [2.05, 4.69) is 17.6 Å². The lowest BCUT2D eigenvalue weighted by atomic mass is 10.1. The molecule has 0 fully saturated rings. The number of ether oxygens (including phenoxy) is 1. The smallest absolute Gasteiger partial charge is 0.267 e. The second-order valence-electron chi connectivity index (χ2n) is 8.66. The predicted molar refractivity (Wildman–Crippen MR) is 145 cm³/mol. The Labute approximate surface area is 220 Å². The van der Waals surface area contributed by atoms with Crippen molar-refractivity contribution in [2.24, 2.45) is 0 Å². The van der Waals surface area contributed by atoms with Gasteiger partial charge in [0, 0.05) is 18.5 Å². The van der Waals surface area contributed by atoms with Crippen molar-refractivity contribution in [3.8, 4) is 11.4 Å². The first kappa shape index (κ1) is 26.3. The molecule has 0 bridgehead atoms. The van der Waals surface area contributed by atoms with Gasteiger partial charge in [0.15, 0.2) is 5.65 Å². The highest BCUT2D eigenvalue weighted by molar-refractivity contribution is 7.80. The zero-order valence-corrected chi connectivity index (χ0v) is 21.9. The first-order chi connectivity index (χ1) is 17.8. The number of pyridine rings is 1. The summed E-state index contributed by atoms with van der Waals surface area (Å²) in [6, 6.07) is 14.6. The Morgan fingerprint density at radius 3 is 2.62 bits per heavy atom. The number of nitrogens with zero attached hydrogens (tertiary/aromatic N) is 4. The topological polar surface area (TPSA) is 77.3 Å². The van der Waals surface area contributed by atoms with E-state index in [-0.39, 0.29) is 23.7 Å². The molecular formula is C28H29FN4O3S. The van der Waals surface area contributed by atoms with Crippen LogP contribution in [0.3, 0.4) is 0 Å². The van der Waals surface area contributed by atoms with E-state index in [0.717, 1.165) is 0 Å². The fraction of sp³-hybridized carbons (Fsp3) is 0.286. The number of rotatable bonds is 9. The van der Waals surface area contributed by atoms with Gasteiger partial charge >= 0.3 is 0 Å². The first-order valence-corrected chi connectivity index (χ1v) is 12.7.